The first-order valence-corrected chi connectivity index (χ1v) is 5.82. The molecule has 0 spiro atoms. The highest BCUT2D eigenvalue weighted by Gasteiger charge is 2.03. The Balaban J connectivity index is 2.31. The molecule has 0 aliphatic heterocycles. The number of rotatable bonds is 6. The van der Waals surface area contributed by atoms with Crippen molar-refractivity contribution in [1.29, 1.82) is 0 Å². The molecule has 1 aromatic rings. The Morgan fingerprint density at radius 3 is 2.72 bits per heavy atom. The standard InChI is InChI=1S/C13H20N2O3/c1-10-4-5-12(11(2)8-10)15-13(16)14-9-18-7-6-17-3/h4-5,8H,6-7,9H2,1-3H3,(H2,14,15,16). The Morgan fingerprint density at radius 2 is 2.06 bits per heavy atom. The van der Waals surface area contributed by atoms with E-state index in [0.29, 0.717) is 13.2 Å². The summed E-state index contributed by atoms with van der Waals surface area (Å²) in [5.74, 6) is 0. The fourth-order valence-electron chi connectivity index (χ4n) is 1.45. The fraction of sp³-hybridized carbons (Fsp3) is 0.462. The molecule has 0 fully saturated rings. The van der Waals surface area contributed by atoms with Gasteiger partial charge in [0.05, 0.1) is 13.2 Å². The lowest BCUT2D eigenvalue weighted by atomic mass is 10.1. The van der Waals surface area contributed by atoms with Crippen molar-refractivity contribution in [2.75, 3.05) is 32.4 Å². The predicted octanol–water partition coefficient (Wildman–Crippen LogP) is 2.05. The van der Waals surface area contributed by atoms with Crippen LogP contribution in [0.3, 0.4) is 0 Å². The van der Waals surface area contributed by atoms with E-state index in [1.807, 2.05) is 32.0 Å². The van der Waals surface area contributed by atoms with E-state index in [1.54, 1.807) is 7.11 Å². The largest absolute Gasteiger partial charge is 0.382 e. The lowest BCUT2D eigenvalue weighted by molar-refractivity contribution is 0.0650. The first kappa shape index (κ1) is 14.5. The van der Waals surface area contributed by atoms with Crippen LogP contribution in [0.5, 0.6) is 0 Å². The SMILES string of the molecule is COCCOCNC(=O)Nc1ccc(C)cc1C. The molecular formula is C13H20N2O3. The molecule has 0 heterocycles. The Bertz CT molecular complexity index is 394. The molecular weight excluding hydrogens is 232 g/mol. The Labute approximate surface area is 107 Å². The van der Waals surface area contributed by atoms with Crippen molar-refractivity contribution in [3.05, 3.63) is 29.3 Å². The van der Waals surface area contributed by atoms with Crippen LogP contribution in [0.4, 0.5) is 10.5 Å². The van der Waals surface area contributed by atoms with Crippen molar-refractivity contribution < 1.29 is 14.3 Å². The fourth-order valence-corrected chi connectivity index (χ4v) is 1.45. The first-order chi connectivity index (χ1) is 8.63. The van der Waals surface area contributed by atoms with Gasteiger partial charge < -0.3 is 20.1 Å². The van der Waals surface area contributed by atoms with Gasteiger partial charge in [-0.15, -0.1) is 0 Å². The molecule has 100 valence electrons. The molecule has 0 unspecified atom stereocenters. The lowest BCUT2D eigenvalue weighted by Gasteiger charge is -2.10. The van der Waals surface area contributed by atoms with E-state index in [2.05, 4.69) is 10.6 Å². The van der Waals surface area contributed by atoms with Crippen LogP contribution in [-0.4, -0.2) is 33.1 Å². The molecule has 2 amide bonds. The Hall–Kier alpha value is -1.59. The second kappa shape index (κ2) is 7.68. The van der Waals surface area contributed by atoms with Gasteiger partial charge in [-0.3, -0.25) is 0 Å². The summed E-state index contributed by atoms with van der Waals surface area (Å²) in [5.41, 5.74) is 3.00. The summed E-state index contributed by atoms with van der Waals surface area (Å²) in [4.78, 5) is 11.5. The van der Waals surface area contributed by atoms with Gasteiger partial charge in [-0.25, -0.2) is 4.79 Å². The molecule has 5 nitrogen and oxygen atoms in total. The maximum atomic E-state index is 11.5. The van der Waals surface area contributed by atoms with Gasteiger partial charge in [0.25, 0.3) is 0 Å². The summed E-state index contributed by atoms with van der Waals surface area (Å²) < 4.78 is 9.95. The zero-order valence-corrected chi connectivity index (χ0v) is 11.1. The number of ether oxygens (including phenoxy) is 2. The first-order valence-electron chi connectivity index (χ1n) is 5.82. The van der Waals surface area contributed by atoms with Crippen molar-refractivity contribution in [3.63, 3.8) is 0 Å². The van der Waals surface area contributed by atoms with Crippen LogP contribution in [0.15, 0.2) is 18.2 Å². The third-order valence-corrected chi connectivity index (χ3v) is 2.40. The van der Waals surface area contributed by atoms with Crippen LogP contribution in [0, 0.1) is 13.8 Å². The number of urea groups is 1. The smallest absolute Gasteiger partial charge is 0.321 e. The maximum Gasteiger partial charge on any atom is 0.321 e. The van der Waals surface area contributed by atoms with E-state index in [1.165, 1.54) is 5.56 Å². The van der Waals surface area contributed by atoms with Gasteiger partial charge in [-0.2, -0.15) is 0 Å². The minimum Gasteiger partial charge on any atom is -0.382 e. The highest BCUT2D eigenvalue weighted by atomic mass is 16.5. The number of carbonyl (C=O) groups excluding carboxylic acids is 1. The molecule has 0 aromatic heterocycles. The van der Waals surface area contributed by atoms with E-state index < -0.39 is 0 Å². The zero-order valence-electron chi connectivity index (χ0n) is 11.1. The highest BCUT2D eigenvalue weighted by Crippen LogP contribution is 2.15. The highest BCUT2D eigenvalue weighted by molar-refractivity contribution is 5.89. The van der Waals surface area contributed by atoms with Crippen LogP contribution in [0.2, 0.25) is 0 Å². The second-order valence-corrected chi connectivity index (χ2v) is 3.99. The zero-order chi connectivity index (χ0) is 13.4. The van der Waals surface area contributed by atoms with Crippen LogP contribution in [0.25, 0.3) is 0 Å². The van der Waals surface area contributed by atoms with Crippen molar-refractivity contribution in [3.8, 4) is 0 Å². The molecule has 0 saturated heterocycles. The number of hydrogen-bond acceptors (Lipinski definition) is 3. The van der Waals surface area contributed by atoms with Crippen molar-refractivity contribution >= 4 is 11.7 Å². The average molecular weight is 252 g/mol. The van der Waals surface area contributed by atoms with Crippen molar-refractivity contribution in [2.45, 2.75) is 13.8 Å². The van der Waals surface area contributed by atoms with Gasteiger partial charge >= 0.3 is 6.03 Å². The molecule has 1 aromatic carbocycles. The molecule has 18 heavy (non-hydrogen) atoms. The van der Waals surface area contributed by atoms with E-state index in [9.17, 15) is 4.79 Å². The molecule has 0 aliphatic carbocycles. The maximum absolute atomic E-state index is 11.5. The lowest BCUT2D eigenvalue weighted by Crippen LogP contribution is -2.31. The van der Waals surface area contributed by atoms with Gasteiger partial charge in [0.2, 0.25) is 0 Å². The van der Waals surface area contributed by atoms with E-state index in [-0.39, 0.29) is 12.8 Å². The Morgan fingerprint density at radius 1 is 1.28 bits per heavy atom. The van der Waals surface area contributed by atoms with Gasteiger partial charge in [-0.05, 0) is 25.5 Å². The number of nitrogens with one attached hydrogen (secondary N) is 2. The second-order valence-electron chi connectivity index (χ2n) is 3.99. The molecule has 0 atom stereocenters. The molecule has 0 bridgehead atoms. The molecule has 0 saturated carbocycles. The summed E-state index contributed by atoms with van der Waals surface area (Å²) in [6, 6.07) is 5.58. The van der Waals surface area contributed by atoms with Crippen molar-refractivity contribution in [1.82, 2.24) is 5.32 Å². The monoisotopic (exact) mass is 252 g/mol. The number of anilines is 1. The van der Waals surface area contributed by atoms with Crippen LogP contribution >= 0.6 is 0 Å². The molecule has 0 aliphatic rings. The van der Waals surface area contributed by atoms with Gasteiger partial charge in [-0.1, -0.05) is 17.7 Å². The van der Waals surface area contributed by atoms with Gasteiger partial charge in [0.1, 0.15) is 6.73 Å². The minimum atomic E-state index is -0.278. The molecule has 2 N–H and O–H groups in total. The summed E-state index contributed by atoms with van der Waals surface area (Å²) in [6.07, 6.45) is 0. The number of benzene rings is 1. The summed E-state index contributed by atoms with van der Waals surface area (Å²) in [6.45, 7) is 5.11. The summed E-state index contributed by atoms with van der Waals surface area (Å²) >= 11 is 0. The van der Waals surface area contributed by atoms with E-state index in [4.69, 9.17) is 9.47 Å². The summed E-state index contributed by atoms with van der Waals surface area (Å²) in [5, 5.41) is 5.37. The van der Waals surface area contributed by atoms with E-state index in [0.717, 1.165) is 11.3 Å². The third-order valence-electron chi connectivity index (χ3n) is 2.40. The summed E-state index contributed by atoms with van der Waals surface area (Å²) in [7, 11) is 1.60. The Kier molecular flexibility index (Phi) is 6.18. The van der Waals surface area contributed by atoms with E-state index >= 15 is 0 Å². The number of methoxy groups -OCH3 is 1. The normalized spacial score (nSPS) is 10.2. The van der Waals surface area contributed by atoms with Crippen molar-refractivity contribution in [2.24, 2.45) is 0 Å². The quantitative estimate of drug-likeness (QED) is 0.601. The minimum absolute atomic E-state index is 0.167. The van der Waals surface area contributed by atoms with Crippen LogP contribution in [0.1, 0.15) is 11.1 Å². The number of hydrogen-bond donors (Lipinski definition) is 2. The van der Waals surface area contributed by atoms with Gasteiger partial charge in [0.15, 0.2) is 0 Å². The van der Waals surface area contributed by atoms with Gasteiger partial charge in [0, 0.05) is 12.8 Å². The molecule has 0 radical (unpaired) electrons. The van der Waals surface area contributed by atoms with Crippen LogP contribution < -0.4 is 10.6 Å². The predicted molar refractivity (Wildman–Crippen MR) is 70.8 cm³/mol. The molecule has 5 heteroatoms. The van der Waals surface area contributed by atoms with Crippen LogP contribution in [-0.2, 0) is 9.47 Å². The average Bonchev–Trinajstić information content (AvgIpc) is 2.32. The third kappa shape index (κ3) is 5.16. The number of aryl methyl sites for hydroxylation is 2. The topological polar surface area (TPSA) is 59.6 Å². The molecule has 1 rings (SSSR count). The number of amides is 2. The number of carbonyl (C=O) groups is 1.